The summed E-state index contributed by atoms with van der Waals surface area (Å²) in [6, 6.07) is 8.45. The Hall–Kier alpha value is -3.60. The average molecular weight is 521 g/mol. The lowest BCUT2D eigenvalue weighted by Crippen LogP contribution is -2.84. The summed E-state index contributed by atoms with van der Waals surface area (Å²) in [4.78, 5) is 46.9. The molecule has 1 heterocycles. The number of benzene rings is 2. The summed E-state index contributed by atoms with van der Waals surface area (Å²) < 4.78 is 5.44. The molecule has 0 aliphatic carbocycles. The van der Waals surface area contributed by atoms with Gasteiger partial charge in [0.2, 0.25) is 5.71 Å². The first-order valence-electron chi connectivity index (χ1n) is 9.48. The summed E-state index contributed by atoms with van der Waals surface area (Å²) in [6.45, 7) is 2.92. The number of hydrogen-bond donors (Lipinski definition) is 3. The van der Waals surface area contributed by atoms with Crippen LogP contribution in [0.25, 0.3) is 10.4 Å². The molecule has 3 N–H and O–H groups in total. The van der Waals surface area contributed by atoms with E-state index in [-0.39, 0.29) is 22.6 Å². The van der Waals surface area contributed by atoms with Crippen molar-refractivity contribution in [2.45, 2.75) is 13.8 Å². The predicted octanol–water partition coefficient (Wildman–Crippen LogP) is 3.98. The van der Waals surface area contributed by atoms with E-state index in [4.69, 9.17) is 33.0 Å². The van der Waals surface area contributed by atoms with E-state index in [1.54, 1.807) is 30.5 Å². The molecule has 9 nitrogen and oxygen atoms in total. The highest BCUT2D eigenvalue weighted by Gasteiger charge is 2.23. The molecule has 174 valence electrons. The van der Waals surface area contributed by atoms with Crippen molar-refractivity contribution in [2.24, 2.45) is 5.18 Å². The van der Waals surface area contributed by atoms with Crippen LogP contribution in [-0.2, 0) is 4.79 Å². The highest BCUT2D eigenvalue weighted by atomic mass is 35.5. The molecule has 3 rings (SSSR count). The molecule has 2 aromatic carbocycles. The molecule has 0 radical (unpaired) electrons. The molecule has 1 aromatic heterocycles. The molecule has 3 aromatic rings. The largest absolute Gasteiger partial charge is 0.478 e. The number of carboxylic acids is 1. The van der Waals surface area contributed by atoms with Crippen LogP contribution < -0.4 is 15.3 Å². The first-order valence-corrected chi connectivity index (χ1v) is 11.1. The highest BCUT2D eigenvalue weighted by Crippen LogP contribution is 2.41. The van der Waals surface area contributed by atoms with E-state index in [1.807, 2.05) is 0 Å². The van der Waals surface area contributed by atoms with Gasteiger partial charge in [0.1, 0.15) is 5.69 Å². The zero-order valence-electron chi connectivity index (χ0n) is 17.6. The number of carbonyl (C=O) groups is 3. The molecular weight excluding hydrogens is 505 g/mol. The van der Waals surface area contributed by atoms with E-state index >= 15 is 0 Å². The topological polar surface area (TPSA) is 136 Å². The lowest BCUT2D eigenvalue weighted by Gasteiger charge is -2.07. The molecular formula is C22H16Cl2N3O6S+. The molecule has 0 aliphatic rings. The van der Waals surface area contributed by atoms with Crippen molar-refractivity contribution < 1.29 is 29.3 Å². The number of hydrazine groups is 1. The number of esters is 1. The maximum absolute atomic E-state index is 12.5. The monoisotopic (exact) mass is 520 g/mol. The molecule has 34 heavy (non-hydrogen) atoms. The van der Waals surface area contributed by atoms with Crippen LogP contribution in [0.1, 0.15) is 40.1 Å². The number of hydrogen-bond acceptors (Lipinski definition) is 7. The van der Waals surface area contributed by atoms with Crippen LogP contribution in [-0.4, -0.2) is 28.7 Å². The fraction of sp³-hybridized carbons (Fsp3) is 0.0909. The molecule has 0 spiro atoms. The third kappa shape index (κ3) is 5.48. The number of rotatable bonds is 7. The van der Waals surface area contributed by atoms with Crippen molar-refractivity contribution in [2.75, 3.05) is 0 Å². The summed E-state index contributed by atoms with van der Waals surface area (Å²) in [6.07, 6.45) is 0. The van der Waals surface area contributed by atoms with Crippen LogP contribution >= 0.6 is 34.5 Å². The Morgan fingerprint density at radius 2 is 1.79 bits per heavy atom. The van der Waals surface area contributed by atoms with Gasteiger partial charge in [-0.05, 0) is 41.1 Å². The van der Waals surface area contributed by atoms with Gasteiger partial charge in [0.15, 0.2) is 5.75 Å². The van der Waals surface area contributed by atoms with Gasteiger partial charge in [-0.1, -0.05) is 29.3 Å². The van der Waals surface area contributed by atoms with Crippen molar-refractivity contribution in [1.29, 1.82) is 0 Å². The van der Waals surface area contributed by atoms with E-state index in [1.165, 1.54) is 24.3 Å². The molecule has 0 fully saturated rings. The van der Waals surface area contributed by atoms with Gasteiger partial charge in [-0.25, -0.2) is 4.79 Å². The molecule has 1 amide bonds. The Balaban J connectivity index is 1.91. The third-order valence-electron chi connectivity index (χ3n) is 4.53. The van der Waals surface area contributed by atoms with Crippen LogP contribution in [0.3, 0.4) is 0 Å². The first kappa shape index (κ1) is 25.0. The van der Waals surface area contributed by atoms with Gasteiger partial charge in [-0.2, -0.15) is 0 Å². The molecule has 0 saturated carbocycles. The van der Waals surface area contributed by atoms with Gasteiger partial charge < -0.3 is 9.84 Å². The zero-order chi connectivity index (χ0) is 25.0. The van der Waals surface area contributed by atoms with E-state index in [0.717, 1.165) is 12.1 Å². The number of nitrogens with one attached hydrogen (secondary N) is 2. The molecule has 12 heteroatoms. The summed E-state index contributed by atoms with van der Waals surface area (Å²) >= 11 is 13.4. The SMILES string of the molecule is CC(=O)Oc1c(/C(C)=[NH+]/NC(=O)c2ccc(C(=O)O)c(N=O)c2)csc1-c1ccc(Cl)c(Cl)c1. The predicted molar refractivity (Wildman–Crippen MR) is 128 cm³/mol. The zero-order valence-corrected chi connectivity index (χ0v) is 20.0. The Morgan fingerprint density at radius 3 is 2.41 bits per heavy atom. The number of nitrogens with zero attached hydrogens (tertiary/aromatic N) is 1. The minimum absolute atomic E-state index is 0.0157. The fourth-order valence-corrected chi connectivity index (χ4v) is 4.25. The van der Waals surface area contributed by atoms with Gasteiger partial charge in [-0.15, -0.1) is 26.8 Å². The smallest absolute Gasteiger partial charge is 0.338 e. The maximum Gasteiger partial charge on any atom is 0.338 e. The van der Waals surface area contributed by atoms with Gasteiger partial charge in [0.05, 0.1) is 26.0 Å². The molecule has 0 atom stereocenters. The number of thiophene rings is 1. The number of halogens is 2. The Kier molecular flexibility index (Phi) is 7.77. The quantitative estimate of drug-likeness (QED) is 0.186. The fourth-order valence-electron chi connectivity index (χ4n) is 2.91. The summed E-state index contributed by atoms with van der Waals surface area (Å²) in [5.74, 6) is -2.24. The normalized spacial score (nSPS) is 11.1. The van der Waals surface area contributed by atoms with Crippen molar-refractivity contribution >= 4 is 63.8 Å². The standard InChI is InChI=1S/C22H15Cl2N3O6S/c1-10(25-26-21(29)13-3-5-14(22(30)31)18(8-13)27-32)15-9-34-20(19(15)33-11(2)28)12-4-6-16(23)17(24)7-12/h3-9H,1-2H3,(H,26,29)(H,30,31)/p+1/b25-10+. The maximum atomic E-state index is 12.5. The third-order valence-corrected chi connectivity index (χ3v) is 6.28. The average Bonchev–Trinajstić information content (AvgIpc) is 3.21. The van der Waals surface area contributed by atoms with E-state index in [2.05, 4.69) is 15.7 Å². The first-order chi connectivity index (χ1) is 16.1. The second-order valence-corrected chi connectivity index (χ2v) is 8.56. The molecule has 0 aliphatic heterocycles. The Labute approximate surface area is 206 Å². The number of amides is 1. The summed E-state index contributed by atoms with van der Waals surface area (Å²) in [5.41, 5.74) is 3.42. The number of aromatic carboxylic acids is 1. The Morgan fingerprint density at radius 1 is 1.06 bits per heavy atom. The lowest BCUT2D eigenvalue weighted by atomic mass is 10.1. The van der Waals surface area contributed by atoms with Gasteiger partial charge in [0.25, 0.3) is 0 Å². The minimum Gasteiger partial charge on any atom is -0.478 e. The van der Waals surface area contributed by atoms with Crippen LogP contribution in [0.15, 0.2) is 47.0 Å². The van der Waals surface area contributed by atoms with Gasteiger partial charge in [-0.3, -0.25) is 9.59 Å². The van der Waals surface area contributed by atoms with Gasteiger partial charge in [0, 0.05) is 24.8 Å². The Bertz CT molecular complexity index is 1350. The number of carboxylic acid groups (broad SMARTS) is 1. The van der Waals surface area contributed by atoms with E-state index < -0.39 is 17.8 Å². The van der Waals surface area contributed by atoms with Crippen LogP contribution in [0.4, 0.5) is 5.69 Å². The van der Waals surface area contributed by atoms with Crippen LogP contribution in [0.2, 0.25) is 10.0 Å². The number of carbonyl (C=O) groups excluding carboxylic acids is 2. The van der Waals surface area contributed by atoms with Gasteiger partial charge >= 0.3 is 17.8 Å². The minimum atomic E-state index is -1.34. The number of hydrazone groups is 1. The lowest BCUT2D eigenvalue weighted by molar-refractivity contribution is -0.508. The van der Waals surface area contributed by atoms with E-state index in [9.17, 15) is 19.3 Å². The van der Waals surface area contributed by atoms with Crippen molar-refractivity contribution in [3.8, 4) is 16.2 Å². The van der Waals surface area contributed by atoms with Crippen molar-refractivity contribution in [1.82, 2.24) is 5.43 Å². The van der Waals surface area contributed by atoms with Crippen molar-refractivity contribution in [3.63, 3.8) is 0 Å². The second-order valence-electron chi connectivity index (χ2n) is 6.86. The second kappa shape index (κ2) is 10.6. The molecule has 0 bridgehead atoms. The van der Waals surface area contributed by atoms with Crippen molar-refractivity contribution in [3.05, 3.63) is 73.4 Å². The molecule has 0 saturated heterocycles. The highest BCUT2D eigenvalue weighted by molar-refractivity contribution is 7.14. The van der Waals surface area contributed by atoms with Crippen LogP contribution in [0, 0.1) is 4.91 Å². The molecule has 0 unspecified atom stereocenters. The number of ether oxygens (including phenoxy) is 1. The summed E-state index contributed by atoms with van der Waals surface area (Å²) in [5, 5.41) is 16.9. The van der Waals surface area contributed by atoms with Crippen LogP contribution in [0.5, 0.6) is 5.75 Å². The number of nitroso groups, excluding NO2 is 1. The summed E-state index contributed by atoms with van der Waals surface area (Å²) in [7, 11) is 0. The van der Waals surface area contributed by atoms with E-state index in [0.29, 0.717) is 31.8 Å².